The molecule has 0 radical (unpaired) electrons. The maximum atomic E-state index is 12.4. The molecule has 128 valence electrons. The van der Waals surface area contributed by atoms with E-state index in [0.29, 0.717) is 34.3 Å². The van der Waals surface area contributed by atoms with Gasteiger partial charge in [-0.05, 0) is 43.4 Å². The Balaban J connectivity index is 2.17. The Hall–Kier alpha value is -2.34. The van der Waals surface area contributed by atoms with Crippen molar-refractivity contribution in [2.45, 2.75) is 19.8 Å². The minimum Gasteiger partial charge on any atom is -0.466 e. The zero-order chi connectivity index (χ0) is 17.7. The number of esters is 1. The summed E-state index contributed by atoms with van der Waals surface area (Å²) in [6.07, 6.45) is 4.30. The highest BCUT2D eigenvalue weighted by atomic mass is 35.5. The Kier molecular flexibility index (Phi) is 5.98. The van der Waals surface area contributed by atoms with Crippen molar-refractivity contribution in [3.8, 4) is 0 Å². The van der Waals surface area contributed by atoms with Crippen LogP contribution in [0.5, 0.6) is 0 Å². The zero-order valence-electron chi connectivity index (χ0n) is 13.5. The molecule has 0 aromatic heterocycles. The Labute approximate surface area is 145 Å². The largest absolute Gasteiger partial charge is 0.466 e. The van der Waals surface area contributed by atoms with E-state index in [9.17, 15) is 14.4 Å². The first-order valence-electron chi connectivity index (χ1n) is 7.56. The van der Waals surface area contributed by atoms with Gasteiger partial charge in [-0.3, -0.25) is 9.59 Å². The Morgan fingerprint density at radius 1 is 1.29 bits per heavy atom. The maximum Gasteiger partial charge on any atom is 0.330 e. The van der Waals surface area contributed by atoms with Gasteiger partial charge in [0.2, 0.25) is 5.91 Å². The molecule has 2 N–H and O–H groups in total. The Morgan fingerprint density at radius 2 is 2.00 bits per heavy atom. The van der Waals surface area contributed by atoms with Crippen LogP contribution in [-0.4, -0.2) is 31.4 Å². The van der Waals surface area contributed by atoms with Gasteiger partial charge in [0.15, 0.2) is 0 Å². The van der Waals surface area contributed by atoms with E-state index in [-0.39, 0.29) is 5.91 Å². The molecule has 0 heterocycles. The molecule has 1 aliphatic rings. The van der Waals surface area contributed by atoms with Crippen LogP contribution in [0.1, 0.15) is 28.8 Å². The van der Waals surface area contributed by atoms with Gasteiger partial charge in [-0.2, -0.15) is 0 Å². The molecule has 0 aliphatic heterocycles. The van der Waals surface area contributed by atoms with Gasteiger partial charge < -0.3 is 15.4 Å². The highest BCUT2D eigenvalue weighted by molar-refractivity contribution is 6.31. The minimum atomic E-state index is -0.639. The summed E-state index contributed by atoms with van der Waals surface area (Å²) in [4.78, 5) is 35.4. The number of aryl methyl sites for hydroxylation is 1. The number of carbonyl (C=O) groups is 3. The lowest BCUT2D eigenvalue weighted by molar-refractivity contribution is -0.135. The van der Waals surface area contributed by atoms with Crippen LogP contribution in [0.25, 0.3) is 0 Å². The summed E-state index contributed by atoms with van der Waals surface area (Å²) in [5.41, 5.74) is 1.31. The fourth-order valence-corrected chi connectivity index (χ4v) is 2.39. The van der Waals surface area contributed by atoms with Crippen molar-refractivity contribution >= 4 is 35.1 Å². The number of ether oxygens (including phenoxy) is 1. The second kappa shape index (κ2) is 7.97. The van der Waals surface area contributed by atoms with Crippen LogP contribution in [0.3, 0.4) is 0 Å². The van der Waals surface area contributed by atoms with E-state index in [2.05, 4.69) is 15.4 Å². The molecule has 1 aromatic carbocycles. The Morgan fingerprint density at radius 3 is 2.62 bits per heavy atom. The summed E-state index contributed by atoms with van der Waals surface area (Å²) < 4.78 is 4.43. The fourth-order valence-electron chi connectivity index (χ4n) is 2.12. The van der Waals surface area contributed by atoms with Gasteiger partial charge >= 0.3 is 5.97 Å². The first-order chi connectivity index (χ1) is 11.4. The van der Waals surface area contributed by atoms with Gasteiger partial charge in [-0.15, -0.1) is 0 Å². The van der Waals surface area contributed by atoms with E-state index < -0.39 is 11.9 Å². The number of anilines is 1. The summed E-state index contributed by atoms with van der Waals surface area (Å²) in [6, 6.07) is 3.16. The third kappa shape index (κ3) is 5.09. The van der Waals surface area contributed by atoms with Crippen molar-refractivity contribution < 1.29 is 19.1 Å². The number of hydrogen-bond acceptors (Lipinski definition) is 4. The standard InChI is InChI=1S/C17H19ClN2O4/c1-10-7-12(18)8-13(17(23)19-9-11-3-4-11)16(10)20-14(21)5-6-15(22)24-2/h5-8,11H,3-4,9H2,1-2H3,(H,19,23)(H,20,21)/b6-5-. The lowest BCUT2D eigenvalue weighted by atomic mass is 10.1. The molecule has 1 aliphatic carbocycles. The number of nitrogens with one attached hydrogen (secondary N) is 2. The summed E-state index contributed by atoms with van der Waals surface area (Å²) in [7, 11) is 1.22. The normalized spacial score (nSPS) is 13.6. The van der Waals surface area contributed by atoms with Crippen LogP contribution in [0, 0.1) is 12.8 Å². The topological polar surface area (TPSA) is 84.5 Å². The molecule has 0 unspecified atom stereocenters. The molecule has 0 atom stereocenters. The maximum absolute atomic E-state index is 12.4. The van der Waals surface area contributed by atoms with E-state index in [1.165, 1.54) is 13.2 Å². The minimum absolute atomic E-state index is 0.292. The Bertz CT molecular complexity index is 696. The van der Waals surface area contributed by atoms with Gasteiger partial charge in [-0.25, -0.2) is 4.79 Å². The lowest BCUT2D eigenvalue weighted by Gasteiger charge is -2.14. The number of halogens is 1. The molecule has 6 nitrogen and oxygen atoms in total. The van der Waals surface area contributed by atoms with Crippen molar-refractivity contribution in [1.82, 2.24) is 5.32 Å². The van der Waals surface area contributed by atoms with Crippen LogP contribution in [0.2, 0.25) is 5.02 Å². The molecule has 0 spiro atoms. The fraction of sp³-hybridized carbons (Fsp3) is 0.353. The first kappa shape index (κ1) is 18.0. The number of rotatable bonds is 6. The second-order valence-electron chi connectivity index (χ2n) is 5.64. The summed E-state index contributed by atoms with van der Waals surface area (Å²) in [5.74, 6) is -0.933. The van der Waals surface area contributed by atoms with Gasteiger partial charge in [0.1, 0.15) is 0 Å². The van der Waals surface area contributed by atoms with Crippen LogP contribution >= 0.6 is 11.6 Å². The van der Waals surface area contributed by atoms with Crippen molar-refractivity contribution in [3.63, 3.8) is 0 Å². The molecule has 7 heteroatoms. The molecule has 1 saturated carbocycles. The smallest absolute Gasteiger partial charge is 0.330 e. The van der Waals surface area contributed by atoms with Crippen molar-refractivity contribution in [3.05, 3.63) is 40.4 Å². The second-order valence-corrected chi connectivity index (χ2v) is 6.08. The number of amides is 2. The molecule has 2 amide bonds. The monoisotopic (exact) mass is 350 g/mol. The summed E-state index contributed by atoms with van der Waals surface area (Å²) in [6.45, 7) is 2.35. The van der Waals surface area contributed by atoms with Gasteiger partial charge in [0.25, 0.3) is 5.91 Å². The lowest BCUT2D eigenvalue weighted by Crippen LogP contribution is -2.27. The highest BCUT2D eigenvalue weighted by Gasteiger charge is 2.23. The van der Waals surface area contributed by atoms with Crippen molar-refractivity contribution in [2.24, 2.45) is 5.92 Å². The van der Waals surface area contributed by atoms with Crippen molar-refractivity contribution in [1.29, 1.82) is 0 Å². The average Bonchev–Trinajstić information content (AvgIpc) is 3.36. The molecule has 1 aromatic rings. The third-order valence-electron chi connectivity index (χ3n) is 3.61. The predicted octanol–water partition coefficient (Wildman–Crippen LogP) is 2.46. The summed E-state index contributed by atoms with van der Waals surface area (Å²) >= 11 is 6.03. The van der Waals surface area contributed by atoms with Crippen molar-refractivity contribution in [2.75, 3.05) is 19.0 Å². The van der Waals surface area contributed by atoms with Crippen LogP contribution in [0.4, 0.5) is 5.69 Å². The van der Waals surface area contributed by atoms with Crippen LogP contribution < -0.4 is 10.6 Å². The van der Waals surface area contributed by atoms with Gasteiger partial charge in [-0.1, -0.05) is 11.6 Å². The van der Waals surface area contributed by atoms with E-state index in [1.807, 2.05) is 0 Å². The van der Waals surface area contributed by atoms with Crippen LogP contribution in [-0.2, 0) is 14.3 Å². The van der Waals surface area contributed by atoms with E-state index in [1.54, 1.807) is 13.0 Å². The molecule has 0 saturated heterocycles. The molecule has 24 heavy (non-hydrogen) atoms. The molecule has 1 fully saturated rings. The zero-order valence-corrected chi connectivity index (χ0v) is 14.3. The van der Waals surface area contributed by atoms with Gasteiger partial charge in [0.05, 0.1) is 18.4 Å². The van der Waals surface area contributed by atoms with Crippen LogP contribution in [0.15, 0.2) is 24.3 Å². The number of benzene rings is 1. The first-order valence-corrected chi connectivity index (χ1v) is 7.94. The molecular formula is C17H19ClN2O4. The predicted molar refractivity (Wildman–Crippen MR) is 91.0 cm³/mol. The highest BCUT2D eigenvalue weighted by Crippen LogP contribution is 2.29. The number of hydrogen-bond donors (Lipinski definition) is 2. The quantitative estimate of drug-likeness (QED) is 0.609. The SMILES string of the molecule is COC(=O)/C=C\C(=O)Nc1c(C)cc(Cl)cc1C(=O)NCC1CC1. The average molecular weight is 351 g/mol. The molecule has 2 rings (SSSR count). The summed E-state index contributed by atoms with van der Waals surface area (Å²) in [5, 5.41) is 5.87. The van der Waals surface area contributed by atoms with E-state index >= 15 is 0 Å². The number of methoxy groups -OCH3 is 1. The third-order valence-corrected chi connectivity index (χ3v) is 3.83. The number of carbonyl (C=O) groups excluding carboxylic acids is 3. The molecular weight excluding hydrogens is 332 g/mol. The van der Waals surface area contributed by atoms with E-state index in [0.717, 1.165) is 25.0 Å². The van der Waals surface area contributed by atoms with E-state index in [4.69, 9.17) is 11.6 Å². The van der Waals surface area contributed by atoms with Gasteiger partial charge in [0, 0.05) is 23.7 Å². The molecule has 0 bridgehead atoms.